The van der Waals surface area contributed by atoms with Crippen LogP contribution in [0.5, 0.6) is 11.5 Å². The predicted octanol–water partition coefficient (Wildman–Crippen LogP) is 7.81. The Morgan fingerprint density at radius 1 is 0.882 bits per heavy atom. The van der Waals surface area contributed by atoms with E-state index in [1.165, 1.54) is 4.90 Å². The standard InChI is InChI=1S/C29H42O4S/c1-27(2,3)23-18-22(19-24(25(23)30)28(4,5)6)34-17-13-9-12-16-29(7,26(31)32)20-33-21-14-10-8-11-15-21/h8,10-11,14-15,18-19,30H,9,12-13,16-17,20H2,1-7H3,(H,31,32). The molecule has 2 aromatic carbocycles. The molecule has 0 aliphatic rings. The lowest BCUT2D eigenvalue weighted by molar-refractivity contribution is -0.150. The summed E-state index contributed by atoms with van der Waals surface area (Å²) in [4.78, 5) is 13.1. The maximum Gasteiger partial charge on any atom is 0.312 e. The van der Waals surface area contributed by atoms with E-state index in [0.29, 0.717) is 17.9 Å². The fourth-order valence-corrected chi connectivity index (χ4v) is 4.81. The molecule has 0 heterocycles. The van der Waals surface area contributed by atoms with Gasteiger partial charge in [0.05, 0.1) is 5.41 Å². The fraction of sp³-hybridized carbons (Fsp3) is 0.552. The molecule has 0 fully saturated rings. The van der Waals surface area contributed by atoms with Crippen molar-refractivity contribution in [3.63, 3.8) is 0 Å². The summed E-state index contributed by atoms with van der Waals surface area (Å²) < 4.78 is 5.75. The van der Waals surface area contributed by atoms with Crippen LogP contribution in [0.2, 0.25) is 0 Å². The highest BCUT2D eigenvalue weighted by Gasteiger charge is 2.33. The lowest BCUT2D eigenvalue weighted by Gasteiger charge is -2.28. The van der Waals surface area contributed by atoms with Gasteiger partial charge in [-0.25, -0.2) is 0 Å². The van der Waals surface area contributed by atoms with Crippen LogP contribution in [0.15, 0.2) is 47.4 Å². The summed E-state index contributed by atoms with van der Waals surface area (Å²) in [5.74, 6) is 1.26. The third-order valence-electron chi connectivity index (χ3n) is 6.16. The van der Waals surface area contributed by atoms with E-state index >= 15 is 0 Å². The maximum atomic E-state index is 11.9. The van der Waals surface area contributed by atoms with Crippen molar-refractivity contribution in [1.82, 2.24) is 0 Å². The molecule has 5 heteroatoms. The maximum absolute atomic E-state index is 11.9. The molecule has 0 spiro atoms. The van der Waals surface area contributed by atoms with Crippen molar-refractivity contribution in [1.29, 1.82) is 0 Å². The first kappa shape index (κ1) is 28.1. The third kappa shape index (κ3) is 7.97. The van der Waals surface area contributed by atoms with Gasteiger partial charge in [0.2, 0.25) is 0 Å². The number of ether oxygens (including phenoxy) is 1. The van der Waals surface area contributed by atoms with Gasteiger partial charge in [0.15, 0.2) is 0 Å². The monoisotopic (exact) mass is 486 g/mol. The Morgan fingerprint density at radius 2 is 1.44 bits per heavy atom. The average molecular weight is 487 g/mol. The number of hydrogen-bond donors (Lipinski definition) is 2. The molecular formula is C29H42O4S. The number of benzene rings is 2. The minimum Gasteiger partial charge on any atom is -0.507 e. The van der Waals surface area contributed by atoms with Crippen LogP contribution < -0.4 is 4.74 Å². The molecule has 0 aromatic heterocycles. The predicted molar refractivity (Wildman–Crippen MR) is 142 cm³/mol. The van der Waals surface area contributed by atoms with Gasteiger partial charge >= 0.3 is 5.97 Å². The summed E-state index contributed by atoms with van der Waals surface area (Å²) in [6.07, 6.45) is 3.41. The van der Waals surface area contributed by atoms with Gasteiger partial charge < -0.3 is 14.9 Å². The third-order valence-corrected chi connectivity index (χ3v) is 7.22. The van der Waals surface area contributed by atoms with Crippen LogP contribution in [0, 0.1) is 5.41 Å². The van der Waals surface area contributed by atoms with E-state index in [1.807, 2.05) is 42.1 Å². The summed E-state index contributed by atoms with van der Waals surface area (Å²) in [5, 5.41) is 20.7. The summed E-state index contributed by atoms with van der Waals surface area (Å²) in [6.45, 7) is 14.7. The summed E-state index contributed by atoms with van der Waals surface area (Å²) in [6, 6.07) is 13.6. The molecule has 0 bridgehead atoms. The summed E-state index contributed by atoms with van der Waals surface area (Å²) in [5.41, 5.74) is 0.799. The summed E-state index contributed by atoms with van der Waals surface area (Å²) in [7, 11) is 0. The van der Waals surface area contributed by atoms with Gasteiger partial charge in [-0.2, -0.15) is 0 Å². The quantitative estimate of drug-likeness (QED) is 0.250. The number of aliphatic carboxylic acids is 1. The highest BCUT2D eigenvalue weighted by atomic mass is 32.2. The van der Waals surface area contributed by atoms with Gasteiger partial charge in [-0.3, -0.25) is 4.79 Å². The van der Waals surface area contributed by atoms with E-state index in [9.17, 15) is 15.0 Å². The molecule has 1 atom stereocenters. The van der Waals surface area contributed by atoms with Crippen LogP contribution in [0.4, 0.5) is 0 Å². The van der Waals surface area contributed by atoms with E-state index < -0.39 is 11.4 Å². The zero-order chi connectivity index (χ0) is 25.6. The molecular weight excluding hydrogens is 444 g/mol. The number of phenolic OH excluding ortho intramolecular Hbond substituents is 1. The Bertz CT molecular complexity index is 906. The molecule has 2 N–H and O–H groups in total. The minimum absolute atomic E-state index is 0.135. The van der Waals surface area contributed by atoms with Crippen LogP contribution in [-0.4, -0.2) is 28.5 Å². The van der Waals surface area contributed by atoms with E-state index in [0.717, 1.165) is 36.1 Å². The number of unbranched alkanes of at least 4 members (excludes halogenated alkanes) is 2. The van der Waals surface area contributed by atoms with Crippen molar-refractivity contribution >= 4 is 17.7 Å². The van der Waals surface area contributed by atoms with Crippen LogP contribution in [-0.2, 0) is 15.6 Å². The molecule has 0 aliphatic carbocycles. The van der Waals surface area contributed by atoms with Crippen molar-refractivity contribution in [3.8, 4) is 11.5 Å². The number of thioether (sulfide) groups is 1. The van der Waals surface area contributed by atoms with Gasteiger partial charge in [-0.15, -0.1) is 11.8 Å². The SMILES string of the molecule is CC(CCCCCSc1cc(C(C)(C)C)c(O)c(C(C)(C)C)c1)(COc1ccccc1)C(=O)O. The summed E-state index contributed by atoms with van der Waals surface area (Å²) >= 11 is 1.81. The molecule has 0 aliphatic heterocycles. The molecule has 2 aromatic rings. The minimum atomic E-state index is -0.900. The molecule has 188 valence electrons. The van der Waals surface area contributed by atoms with Gasteiger partial charge in [0.1, 0.15) is 18.1 Å². The van der Waals surface area contributed by atoms with Crippen molar-refractivity contribution in [2.24, 2.45) is 5.41 Å². The lowest BCUT2D eigenvalue weighted by atomic mass is 9.79. The molecule has 2 rings (SSSR count). The zero-order valence-corrected chi connectivity index (χ0v) is 22.7. The van der Waals surface area contributed by atoms with Crippen LogP contribution >= 0.6 is 11.8 Å². The number of aromatic hydroxyl groups is 1. The number of carboxylic acids is 1. The van der Waals surface area contributed by atoms with Crippen molar-refractivity contribution in [3.05, 3.63) is 53.6 Å². The van der Waals surface area contributed by atoms with Crippen LogP contribution in [0.3, 0.4) is 0 Å². The van der Waals surface area contributed by atoms with Crippen LogP contribution in [0.25, 0.3) is 0 Å². The Labute approximate surface area is 210 Å². The molecule has 34 heavy (non-hydrogen) atoms. The van der Waals surface area contributed by atoms with Crippen molar-refractivity contribution in [2.75, 3.05) is 12.4 Å². The largest absolute Gasteiger partial charge is 0.507 e. The van der Waals surface area contributed by atoms with Gasteiger partial charge in [-0.1, -0.05) is 72.6 Å². The van der Waals surface area contributed by atoms with E-state index in [-0.39, 0.29) is 17.4 Å². The van der Waals surface area contributed by atoms with Crippen molar-refractivity contribution in [2.45, 2.75) is 89.9 Å². The molecule has 4 nitrogen and oxygen atoms in total. The van der Waals surface area contributed by atoms with E-state index in [2.05, 4.69) is 53.7 Å². The number of hydrogen-bond acceptors (Lipinski definition) is 4. The normalized spacial score (nSPS) is 14.0. The van der Waals surface area contributed by atoms with Gasteiger partial charge in [0.25, 0.3) is 0 Å². The van der Waals surface area contributed by atoms with E-state index in [1.54, 1.807) is 6.92 Å². The Morgan fingerprint density at radius 3 is 1.94 bits per heavy atom. The number of carboxylic acid groups (broad SMARTS) is 1. The zero-order valence-electron chi connectivity index (χ0n) is 21.9. The number of para-hydroxylation sites is 1. The first-order chi connectivity index (χ1) is 15.7. The average Bonchev–Trinajstić information content (AvgIpc) is 2.74. The Balaban J connectivity index is 1.90. The molecule has 0 radical (unpaired) electrons. The highest BCUT2D eigenvalue weighted by Crippen LogP contribution is 2.42. The number of rotatable bonds is 11. The molecule has 0 saturated heterocycles. The second kappa shape index (κ2) is 11.5. The van der Waals surface area contributed by atoms with Crippen molar-refractivity contribution < 1.29 is 19.7 Å². The number of carbonyl (C=O) groups is 1. The Hall–Kier alpha value is -2.14. The first-order valence-corrected chi connectivity index (χ1v) is 13.1. The fourth-order valence-electron chi connectivity index (χ4n) is 3.82. The molecule has 1 unspecified atom stereocenters. The smallest absolute Gasteiger partial charge is 0.312 e. The van der Waals surface area contributed by atoms with E-state index in [4.69, 9.17) is 4.74 Å². The topological polar surface area (TPSA) is 66.8 Å². The molecule has 0 saturated carbocycles. The lowest BCUT2D eigenvalue weighted by Crippen LogP contribution is -2.34. The van der Waals surface area contributed by atoms with Gasteiger partial charge in [0, 0.05) is 16.0 Å². The van der Waals surface area contributed by atoms with Crippen LogP contribution in [0.1, 0.15) is 85.3 Å². The Kier molecular flexibility index (Phi) is 9.53. The molecule has 0 amide bonds. The number of phenols is 1. The van der Waals surface area contributed by atoms with Gasteiger partial charge in [-0.05, 0) is 60.6 Å². The first-order valence-electron chi connectivity index (χ1n) is 12.2. The second-order valence-corrected chi connectivity index (χ2v) is 12.7. The highest BCUT2D eigenvalue weighted by molar-refractivity contribution is 7.99. The second-order valence-electron chi connectivity index (χ2n) is 11.5.